The lowest BCUT2D eigenvalue weighted by Crippen LogP contribution is -2.13. The Bertz CT molecular complexity index is 427. The van der Waals surface area contributed by atoms with Gasteiger partial charge in [0.2, 0.25) is 0 Å². The summed E-state index contributed by atoms with van der Waals surface area (Å²) in [6, 6.07) is 6.67. The van der Waals surface area contributed by atoms with E-state index in [4.69, 9.17) is 0 Å². The van der Waals surface area contributed by atoms with Crippen molar-refractivity contribution in [1.82, 2.24) is 0 Å². The molecule has 1 aromatic carbocycles. The molecule has 3 rings (SSSR count). The average Bonchev–Trinajstić information content (AvgIpc) is 3.03. The van der Waals surface area contributed by atoms with E-state index in [1.54, 1.807) is 0 Å². The highest BCUT2D eigenvalue weighted by atomic mass is 16.3. The van der Waals surface area contributed by atoms with Crippen molar-refractivity contribution in [2.45, 2.75) is 52.1 Å². The van der Waals surface area contributed by atoms with Crippen molar-refractivity contribution in [3.8, 4) is 0 Å². The van der Waals surface area contributed by atoms with Gasteiger partial charge in [-0.1, -0.05) is 32.0 Å². The van der Waals surface area contributed by atoms with Crippen molar-refractivity contribution in [2.24, 2.45) is 17.8 Å². The van der Waals surface area contributed by atoms with Crippen LogP contribution in [0.5, 0.6) is 0 Å². The van der Waals surface area contributed by atoms with Gasteiger partial charge in [-0.2, -0.15) is 0 Å². The zero-order chi connectivity index (χ0) is 12.7. The second-order valence-corrected chi connectivity index (χ2v) is 6.17. The fraction of sp³-hybridized carbons (Fsp3) is 0.647. The molecule has 2 aliphatic rings. The van der Waals surface area contributed by atoms with E-state index in [-0.39, 0.29) is 6.10 Å². The van der Waals surface area contributed by atoms with Crippen LogP contribution < -0.4 is 0 Å². The lowest BCUT2D eigenvalue weighted by molar-refractivity contribution is 0.103. The molecule has 18 heavy (non-hydrogen) atoms. The topological polar surface area (TPSA) is 20.2 Å². The molecule has 0 aromatic heterocycles. The number of benzene rings is 1. The van der Waals surface area contributed by atoms with Gasteiger partial charge >= 0.3 is 0 Å². The fourth-order valence-electron chi connectivity index (χ4n) is 3.73. The van der Waals surface area contributed by atoms with Crippen LogP contribution in [-0.4, -0.2) is 5.11 Å². The van der Waals surface area contributed by atoms with Crippen LogP contribution in [0.15, 0.2) is 18.2 Å². The number of aliphatic hydroxyl groups is 1. The summed E-state index contributed by atoms with van der Waals surface area (Å²) in [5.74, 6) is 2.42. The highest BCUT2D eigenvalue weighted by Crippen LogP contribution is 2.57. The van der Waals surface area contributed by atoms with E-state index < -0.39 is 0 Å². The second-order valence-electron chi connectivity index (χ2n) is 6.17. The lowest BCUT2D eigenvalue weighted by Gasteiger charge is -2.23. The predicted octanol–water partition coefficient (Wildman–Crippen LogP) is 3.89. The van der Waals surface area contributed by atoms with Crippen LogP contribution in [0.1, 0.15) is 55.9 Å². The normalized spacial score (nSPS) is 31.2. The zero-order valence-electron chi connectivity index (χ0n) is 11.5. The molecule has 1 N–H and O–H groups in total. The second kappa shape index (κ2) is 4.70. The van der Waals surface area contributed by atoms with Crippen molar-refractivity contribution < 1.29 is 5.11 Å². The largest absolute Gasteiger partial charge is 0.388 e. The van der Waals surface area contributed by atoms with E-state index in [0.29, 0.717) is 5.92 Å². The molecule has 1 heteroatoms. The molecule has 0 radical (unpaired) electrons. The summed E-state index contributed by atoms with van der Waals surface area (Å²) in [6.07, 6.45) is 5.80. The van der Waals surface area contributed by atoms with E-state index in [9.17, 15) is 5.11 Å². The Kier molecular flexibility index (Phi) is 3.19. The molecule has 2 aliphatic carbocycles. The van der Waals surface area contributed by atoms with E-state index >= 15 is 0 Å². The highest BCUT2D eigenvalue weighted by molar-refractivity contribution is 5.34. The van der Waals surface area contributed by atoms with Gasteiger partial charge in [0.05, 0.1) is 6.10 Å². The van der Waals surface area contributed by atoms with Crippen molar-refractivity contribution in [3.63, 3.8) is 0 Å². The minimum atomic E-state index is -0.223. The maximum Gasteiger partial charge on any atom is 0.0821 e. The molecule has 2 fully saturated rings. The van der Waals surface area contributed by atoms with Crippen LogP contribution in [0.4, 0.5) is 0 Å². The number of rotatable bonds is 4. The Morgan fingerprint density at radius 1 is 1.11 bits per heavy atom. The van der Waals surface area contributed by atoms with Gasteiger partial charge in [0.25, 0.3) is 0 Å². The summed E-state index contributed by atoms with van der Waals surface area (Å²) in [7, 11) is 0. The first-order chi connectivity index (χ1) is 8.72. The van der Waals surface area contributed by atoms with Crippen LogP contribution >= 0.6 is 0 Å². The standard InChI is InChI=1S/C17H24O/c1-3-11-5-6-12(4-2)16(7-11)17(18)15-9-13-8-14(13)10-15/h5-7,13-15,17-18H,3-4,8-10H2,1-2H3. The van der Waals surface area contributed by atoms with Crippen molar-refractivity contribution in [3.05, 3.63) is 34.9 Å². The summed E-state index contributed by atoms with van der Waals surface area (Å²) in [5.41, 5.74) is 3.90. The van der Waals surface area contributed by atoms with Crippen LogP contribution in [0.2, 0.25) is 0 Å². The fourth-order valence-corrected chi connectivity index (χ4v) is 3.73. The molecule has 98 valence electrons. The first-order valence-corrected chi connectivity index (χ1v) is 7.52. The summed E-state index contributed by atoms with van der Waals surface area (Å²) >= 11 is 0. The number of aryl methyl sites for hydroxylation is 2. The van der Waals surface area contributed by atoms with Crippen LogP contribution in [0.25, 0.3) is 0 Å². The Morgan fingerprint density at radius 2 is 1.83 bits per heavy atom. The Hall–Kier alpha value is -0.820. The molecular formula is C17H24O. The quantitative estimate of drug-likeness (QED) is 0.852. The van der Waals surface area contributed by atoms with Gasteiger partial charge in [0.1, 0.15) is 0 Å². The van der Waals surface area contributed by atoms with Crippen molar-refractivity contribution in [2.75, 3.05) is 0 Å². The SMILES string of the molecule is CCc1ccc(CC)c(C(O)C2CC3CC3C2)c1. The van der Waals surface area contributed by atoms with E-state index in [1.165, 1.54) is 36.0 Å². The molecule has 0 heterocycles. The minimum absolute atomic E-state index is 0.223. The van der Waals surface area contributed by atoms with Gasteiger partial charge in [0.15, 0.2) is 0 Å². The molecule has 0 saturated heterocycles. The van der Waals surface area contributed by atoms with E-state index in [0.717, 1.165) is 24.7 Å². The van der Waals surface area contributed by atoms with Gasteiger partial charge in [-0.25, -0.2) is 0 Å². The summed E-state index contributed by atoms with van der Waals surface area (Å²) in [4.78, 5) is 0. The van der Waals surface area contributed by atoms with Crippen molar-refractivity contribution in [1.29, 1.82) is 0 Å². The molecule has 3 unspecified atom stereocenters. The van der Waals surface area contributed by atoms with Gasteiger partial charge in [0, 0.05) is 0 Å². The van der Waals surface area contributed by atoms with Crippen LogP contribution in [-0.2, 0) is 12.8 Å². The van der Waals surface area contributed by atoms with Gasteiger partial charge < -0.3 is 5.11 Å². The monoisotopic (exact) mass is 244 g/mol. The minimum Gasteiger partial charge on any atom is -0.388 e. The molecule has 3 atom stereocenters. The number of aliphatic hydroxyl groups excluding tert-OH is 1. The van der Waals surface area contributed by atoms with Gasteiger partial charge in [-0.3, -0.25) is 0 Å². The lowest BCUT2D eigenvalue weighted by atomic mass is 9.87. The predicted molar refractivity (Wildman–Crippen MR) is 74.5 cm³/mol. The smallest absolute Gasteiger partial charge is 0.0821 e. The Balaban J connectivity index is 1.84. The first-order valence-electron chi connectivity index (χ1n) is 7.52. The maximum absolute atomic E-state index is 10.7. The Morgan fingerprint density at radius 3 is 2.44 bits per heavy atom. The molecule has 1 aromatic rings. The molecule has 0 spiro atoms. The number of fused-ring (bicyclic) bond motifs is 1. The van der Waals surface area contributed by atoms with Gasteiger partial charge in [-0.15, -0.1) is 0 Å². The number of hydrogen-bond acceptors (Lipinski definition) is 1. The summed E-state index contributed by atoms with van der Waals surface area (Å²) < 4.78 is 0. The van der Waals surface area contributed by atoms with Crippen LogP contribution in [0.3, 0.4) is 0 Å². The van der Waals surface area contributed by atoms with Crippen LogP contribution in [0, 0.1) is 17.8 Å². The molecule has 1 nitrogen and oxygen atoms in total. The average molecular weight is 244 g/mol. The van der Waals surface area contributed by atoms with Crippen molar-refractivity contribution >= 4 is 0 Å². The molecule has 2 saturated carbocycles. The van der Waals surface area contributed by atoms with E-state index in [1.807, 2.05) is 0 Å². The summed E-state index contributed by atoms with van der Waals surface area (Å²) in [5, 5.41) is 10.7. The third-order valence-corrected chi connectivity index (χ3v) is 5.04. The van der Waals surface area contributed by atoms with E-state index in [2.05, 4.69) is 32.0 Å². The molecular weight excluding hydrogens is 220 g/mol. The Labute approximate surface area is 110 Å². The summed E-state index contributed by atoms with van der Waals surface area (Å²) in [6.45, 7) is 4.37. The third-order valence-electron chi connectivity index (χ3n) is 5.04. The zero-order valence-corrected chi connectivity index (χ0v) is 11.5. The van der Waals surface area contributed by atoms with Gasteiger partial charge in [-0.05, 0) is 66.5 Å². The number of hydrogen-bond donors (Lipinski definition) is 1. The highest BCUT2D eigenvalue weighted by Gasteiger charge is 2.48. The molecule has 0 bridgehead atoms. The first kappa shape index (κ1) is 12.2. The maximum atomic E-state index is 10.7. The third kappa shape index (κ3) is 2.09. The molecule has 0 aliphatic heterocycles. The molecule has 0 amide bonds.